The molecule has 0 aliphatic heterocycles. The number of ether oxygens (including phenoxy) is 1. The van der Waals surface area contributed by atoms with Gasteiger partial charge >= 0.3 is 5.97 Å². The van der Waals surface area contributed by atoms with Gasteiger partial charge in [-0.15, -0.1) is 0 Å². The minimum Gasteiger partial charge on any atom is -0.459 e. The van der Waals surface area contributed by atoms with Gasteiger partial charge < -0.3 is 10.1 Å². The quantitative estimate of drug-likeness (QED) is 0.430. The number of esters is 1. The maximum atomic E-state index is 12.1. The van der Waals surface area contributed by atoms with Crippen molar-refractivity contribution >= 4 is 41.6 Å². The maximum absolute atomic E-state index is 12.1. The summed E-state index contributed by atoms with van der Waals surface area (Å²) in [5, 5.41) is 5.31. The van der Waals surface area contributed by atoms with Crippen LogP contribution in [0.3, 0.4) is 0 Å². The first kappa shape index (κ1) is 16.7. The molecule has 0 radical (unpaired) electrons. The van der Waals surface area contributed by atoms with Crippen LogP contribution < -0.4 is 10.6 Å². The van der Waals surface area contributed by atoms with Gasteiger partial charge in [-0.25, -0.2) is 0 Å². The highest BCUT2D eigenvalue weighted by Crippen LogP contribution is 2.13. The zero-order valence-electron chi connectivity index (χ0n) is 11.8. The van der Waals surface area contributed by atoms with Crippen LogP contribution in [-0.4, -0.2) is 40.4 Å². The molecule has 0 saturated heterocycles. The summed E-state index contributed by atoms with van der Waals surface area (Å²) in [6, 6.07) is 0. The third-order valence-corrected chi connectivity index (χ3v) is 3.00. The minimum absolute atomic E-state index is 0.172. The molecule has 20 heavy (non-hydrogen) atoms. The van der Waals surface area contributed by atoms with E-state index < -0.39 is 23.4 Å². The molecule has 1 amide bonds. The van der Waals surface area contributed by atoms with E-state index in [1.54, 1.807) is 27.8 Å². The van der Waals surface area contributed by atoms with Crippen LogP contribution in [0.4, 0.5) is 5.95 Å². The first-order valence-electron chi connectivity index (χ1n) is 5.97. The Morgan fingerprint density at radius 3 is 2.60 bits per heavy atom. The van der Waals surface area contributed by atoms with Gasteiger partial charge in [-0.1, -0.05) is 0 Å². The number of H-pyrrole nitrogens is 1. The van der Waals surface area contributed by atoms with Crippen molar-refractivity contribution in [1.82, 2.24) is 14.7 Å². The van der Waals surface area contributed by atoms with Gasteiger partial charge in [0.2, 0.25) is 11.9 Å². The minimum atomic E-state index is -0.956. The molecule has 0 fully saturated rings. The van der Waals surface area contributed by atoms with Crippen LogP contribution in [0.1, 0.15) is 20.8 Å². The molecule has 0 aliphatic carbocycles. The van der Waals surface area contributed by atoms with Crippen molar-refractivity contribution in [3.63, 3.8) is 0 Å². The standard InChI is InChI=1S/C11H18N4O3S2/c1-11(2,3)18-8(17)6(5-12-4)7(16)13-9-14-10(19)20-15-9/h6,12H,5H2,1-4H3,(H2,13,14,15,16,19). The summed E-state index contributed by atoms with van der Waals surface area (Å²) in [4.78, 5) is 28.0. The number of rotatable bonds is 5. The lowest BCUT2D eigenvalue weighted by molar-refractivity contribution is -0.161. The van der Waals surface area contributed by atoms with Crippen molar-refractivity contribution in [3.05, 3.63) is 3.95 Å². The van der Waals surface area contributed by atoms with Gasteiger partial charge in [0.15, 0.2) is 3.95 Å². The highest BCUT2D eigenvalue weighted by atomic mass is 32.2. The first-order chi connectivity index (χ1) is 9.23. The van der Waals surface area contributed by atoms with Gasteiger partial charge in [-0.2, -0.15) is 4.98 Å². The number of anilines is 1. The largest absolute Gasteiger partial charge is 0.459 e. The Bertz CT molecular complexity index is 532. The smallest absolute Gasteiger partial charge is 0.320 e. The van der Waals surface area contributed by atoms with E-state index in [-0.39, 0.29) is 12.5 Å². The molecule has 1 aromatic rings. The second kappa shape index (κ2) is 6.91. The van der Waals surface area contributed by atoms with E-state index in [4.69, 9.17) is 17.0 Å². The third kappa shape index (κ3) is 5.35. The molecule has 0 saturated carbocycles. The highest BCUT2D eigenvalue weighted by molar-refractivity contribution is 7.73. The van der Waals surface area contributed by atoms with Crippen molar-refractivity contribution in [3.8, 4) is 0 Å². The van der Waals surface area contributed by atoms with Gasteiger partial charge in [0, 0.05) is 6.54 Å². The van der Waals surface area contributed by atoms with E-state index in [0.29, 0.717) is 3.95 Å². The van der Waals surface area contributed by atoms with Gasteiger partial charge in [0.25, 0.3) is 0 Å². The molecule has 7 nitrogen and oxygen atoms in total. The van der Waals surface area contributed by atoms with E-state index in [9.17, 15) is 9.59 Å². The van der Waals surface area contributed by atoms with Crippen molar-refractivity contribution in [2.75, 3.05) is 18.9 Å². The number of aromatic nitrogens is 2. The molecule has 3 N–H and O–H groups in total. The number of nitrogens with zero attached hydrogens (tertiary/aromatic N) is 1. The molecular weight excluding hydrogens is 300 g/mol. The number of aromatic amines is 1. The Balaban J connectivity index is 2.76. The molecule has 1 rings (SSSR count). The molecule has 0 bridgehead atoms. The first-order valence-corrected chi connectivity index (χ1v) is 7.19. The van der Waals surface area contributed by atoms with Crippen LogP contribution in [0, 0.1) is 9.87 Å². The summed E-state index contributed by atoms with van der Waals surface area (Å²) in [7, 11) is 1.65. The lowest BCUT2D eigenvalue weighted by Gasteiger charge is -2.23. The van der Waals surface area contributed by atoms with Crippen LogP contribution in [0.15, 0.2) is 0 Å². The van der Waals surface area contributed by atoms with E-state index in [0.717, 1.165) is 11.5 Å². The van der Waals surface area contributed by atoms with Crippen molar-refractivity contribution < 1.29 is 14.3 Å². The van der Waals surface area contributed by atoms with Crippen molar-refractivity contribution in [2.45, 2.75) is 26.4 Å². The average molecular weight is 318 g/mol. The SMILES string of the molecule is CNCC(C(=O)Nc1nc(=S)s[nH]1)C(=O)OC(C)(C)C. The lowest BCUT2D eigenvalue weighted by Crippen LogP contribution is -2.40. The molecule has 0 aromatic carbocycles. The zero-order valence-corrected chi connectivity index (χ0v) is 13.4. The predicted molar refractivity (Wildman–Crippen MR) is 79.2 cm³/mol. The second-order valence-corrected chi connectivity index (χ2v) is 6.50. The topological polar surface area (TPSA) is 96.1 Å². The predicted octanol–water partition coefficient (Wildman–Crippen LogP) is 1.32. The summed E-state index contributed by atoms with van der Waals surface area (Å²) < 4.78 is 8.35. The molecule has 1 atom stereocenters. The molecule has 0 spiro atoms. The fourth-order valence-corrected chi connectivity index (χ4v) is 1.98. The number of hydrogen-bond donors (Lipinski definition) is 3. The van der Waals surface area contributed by atoms with Crippen LogP contribution in [0.25, 0.3) is 0 Å². The van der Waals surface area contributed by atoms with Crippen LogP contribution >= 0.6 is 23.8 Å². The number of hydrogen-bond acceptors (Lipinski definition) is 7. The Hall–Kier alpha value is -1.32. The van der Waals surface area contributed by atoms with E-state index >= 15 is 0 Å². The Kier molecular flexibility index (Phi) is 5.78. The number of carbonyl (C=O) groups is 2. The zero-order chi connectivity index (χ0) is 15.3. The Morgan fingerprint density at radius 1 is 1.50 bits per heavy atom. The van der Waals surface area contributed by atoms with Gasteiger partial charge in [-0.05, 0) is 51.6 Å². The maximum Gasteiger partial charge on any atom is 0.320 e. The average Bonchev–Trinajstić information content (AvgIpc) is 2.68. The van der Waals surface area contributed by atoms with E-state index in [1.807, 2.05) is 0 Å². The third-order valence-electron chi connectivity index (χ3n) is 2.10. The normalized spacial score (nSPS) is 12.8. The summed E-state index contributed by atoms with van der Waals surface area (Å²) in [6.07, 6.45) is 0. The van der Waals surface area contributed by atoms with E-state index in [2.05, 4.69) is 20.0 Å². The van der Waals surface area contributed by atoms with Crippen molar-refractivity contribution in [2.24, 2.45) is 5.92 Å². The fourth-order valence-electron chi connectivity index (χ4n) is 1.35. The lowest BCUT2D eigenvalue weighted by atomic mass is 10.1. The van der Waals surface area contributed by atoms with Gasteiger partial charge in [0.05, 0.1) is 0 Å². The molecular formula is C11H18N4O3S2. The molecule has 112 valence electrons. The molecule has 1 heterocycles. The number of carbonyl (C=O) groups excluding carboxylic acids is 2. The Labute approximate surface area is 126 Å². The summed E-state index contributed by atoms with van der Waals surface area (Å²) in [6.45, 7) is 5.41. The summed E-state index contributed by atoms with van der Waals surface area (Å²) in [5.74, 6) is -1.80. The van der Waals surface area contributed by atoms with Crippen LogP contribution in [-0.2, 0) is 14.3 Å². The molecule has 1 aromatic heterocycles. The molecule has 0 aliphatic rings. The second-order valence-electron chi connectivity index (χ2n) is 5.06. The molecule has 1 unspecified atom stereocenters. The summed E-state index contributed by atoms with van der Waals surface area (Å²) >= 11 is 5.97. The highest BCUT2D eigenvalue weighted by Gasteiger charge is 2.31. The van der Waals surface area contributed by atoms with Gasteiger partial charge in [-0.3, -0.25) is 19.3 Å². The van der Waals surface area contributed by atoms with Crippen LogP contribution in [0.2, 0.25) is 0 Å². The van der Waals surface area contributed by atoms with Crippen LogP contribution in [0.5, 0.6) is 0 Å². The number of nitrogens with one attached hydrogen (secondary N) is 3. The Morgan fingerprint density at radius 2 is 2.15 bits per heavy atom. The molecule has 9 heteroatoms. The van der Waals surface area contributed by atoms with Crippen molar-refractivity contribution in [1.29, 1.82) is 0 Å². The van der Waals surface area contributed by atoms with Gasteiger partial charge in [0.1, 0.15) is 11.5 Å². The monoisotopic (exact) mass is 318 g/mol. The fraction of sp³-hybridized carbons (Fsp3) is 0.636. The summed E-state index contributed by atoms with van der Waals surface area (Å²) in [5.41, 5.74) is -0.649. The number of amides is 1. The van der Waals surface area contributed by atoms with E-state index in [1.165, 1.54) is 0 Å².